The molecule has 49 heavy (non-hydrogen) atoms. The minimum absolute atomic E-state index is 0.0217. The molecule has 0 saturated carbocycles. The molecule has 0 radical (unpaired) electrons. The number of pyridine rings is 1. The van der Waals surface area contributed by atoms with Crippen LogP contribution >= 0.6 is 0 Å². The molecule has 0 unspecified atom stereocenters. The predicted octanol–water partition coefficient (Wildman–Crippen LogP) is 7.10. The monoisotopic (exact) mass is 683 g/mol. The van der Waals surface area contributed by atoms with E-state index in [-0.39, 0.29) is 18.2 Å². The standard InChI is InChI=1S/C37H49N7O4Si/c1-24-17-27(19-29(18-24)48-28-13-12-25(2)32(20-28)39-34(45)11-10-14-42(4)5)31-22-43(6)37(46)35-30(31)21-33(36-38-26(3)40-41-36)44(35)23-47-15-16-49(7,8)9/h12-13,17-22H,10-11,14-16,23H2,1-9H3,(H,39,45)(H,38,40,41). The largest absolute Gasteiger partial charge is 0.457 e. The number of ether oxygens (including phenoxy) is 2. The first-order chi connectivity index (χ1) is 23.2. The number of rotatable bonds is 14. The van der Waals surface area contributed by atoms with Crippen molar-refractivity contribution in [2.45, 2.75) is 66.0 Å². The molecule has 5 aromatic rings. The summed E-state index contributed by atoms with van der Waals surface area (Å²) >= 11 is 0. The molecule has 2 N–H and O–H groups in total. The summed E-state index contributed by atoms with van der Waals surface area (Å²) in [6.07, 6.45) is 3.09. The molecule has 12 heteroatoms. The molecule has 5 rings (SSSR count). The third-order valence-corrected chi connectivity index (χ3v) is 10.1. The Bertz CT molecular complexity index is 2020. The molecular formula is C37H49N7O4Si. The second kappa shape index (κ2) is 14.9. The highest BCUT2D eigenvalue weighted by molar-refractivity contribution is 6.76. The minimum atomic E-state index is -1.30. The molecule has 1 amide bonds. The van der Waals surface area contributed by atoms with Crippen molar-refractivity contribution in [1.82, 2.24) is 29.2 Å². The van der Waals surface area contributed by atoms with Gasteiger partial charge in [0, 0.05) is 57.0 Å². The molecule has 260 valence electrons. The Balaban J connectivity index is 1.50. The fourth-order valence-electron chi connectivity index (χ4n) is 5.68. The summed E-state index contributed by atoms with van der Waals surface area (Å²) in [6.45, 7) is 14.5. The van der Waals surface area contributed by atoms with Gasteiger partial charge in [-0.25, -0.2) is 4.98 Å². The van der Waals surface area contributed by atoms with E-state index in [2.05, 4.69) is 51.1 Å². The lowest BCUT2D eigenvalue weighted by molar-refractivity contribution is -0.116. The number of aryl methyl sites for hydroxylation is 4. The summed E-state index contributed by atoms with van der Waals surface area (Å²) < 4.78 is 16.1. The van der Waals surface area contributed by atoms with Crippen LogP contribution in [0.3, 0.4) is 0 Å². The van der Waals surface area contributed by atoms with Crippen LogP contribution < -0.4 is 15.6 Å². The SMILES string of the molecule is Cc1cc(Oc2ccc(C)c(NC(=O)CCCN(C)C)c2)cc(-c2cn(C)c(=O)c3c2cc(-c2n[nH]c(C)n2)n3COCC[Si](C)(C)C)c1. The first-order valence-electron chi connectivity index (χ1n) is 16.7. The van der Waals surface area contributed by atoms with E-state index in [1.165, 1.54) is 0 Å². The third kappa shape index (κ3) is 8.94. The smallest absolute Gasteiger partial charge is 0.274 e. The summed E-state index contributed by atoms with van der Waals surface area (Å²) in [6, 6.07) is 14.7. The molecule has 2 aromatic carbocycles. The van der Waals surface area contributed by atoms with Crippen molar-refractivity contribution in [3.8, 4) is 34.1 Å². The summed E-state index contributed by atoms with van der Waals surface area (Å²) in [5, 5.41) is 11.2. The summed E-state index contributed by atoms with van der Waals surface area (Å²) in [5.74, 6) is 2.42. The topological polar surface area (TPSA) is 119 Å². The van der Waals surface area contributed by atoms with Crippen LogP contribution in [0.2, 0.25) is 25.7 Å². The van der Waals surface area contributed by atoms with Crippen LogP contribution in [0, 0.1) is 20.8 Å². The predicted molar refractivity (Wildman–Crippen MR) is 199 cm³/mol. The van der Waals surface area contributed by atoms with Crippen LogP contribution in [0.15, 0.2) is 53.5 Å². The molecular weight excluding hydrogens is 635 g/mol. The van der Waals surface area contributed by atoms with Gasteiger partial charge in [-0.3, -0.25) is 14.7 Å². The van der Waals surface area contributed by atoms with Gasteiger partial charge in [0.15, 0.2) is 5.82 Å². The van der Waals surface area contributed by atoms with E-state index < -0.39 is 8.07 Å². The Kier molecular flexibility index (Phi) is 10.9. The number of hydrogen-bond acceptors (Lipinski definition) is 7. The first-order valence-corrected chi connectivity index (χ1v) is 20.4. The first kappa shape index (κ1) is 35.8. The van der Waals surface area contributed by atoms with Crippen LogP contribution in [0.25, 0.3) is 33.5 Å². The Hall–Kier alpha value is -4.52. The quantitative estimate of drug-likeness (QED) is 0.0947. The van der Waals surface area contributed by atoms with E-state index in [1.54, 1.807) is 11.6 Å². The van der Waals surface area contributed by atoms with Crippen molar-refractivity contribution in [2.24, 2.45) is 7.05 Å². The van der Waals surface area contributed by atoms with Gasteiger partial charge >= 0.3 is 0 Å². The number of carbonyl (C=O) groups is 1. The van der Waals surface area contributed by atoms with Gasteiger partial charge < -0.3 is 28.8 Å². The van der Waals surface area contributed by atoms with Crippen molar-refractivity contribution in [3.05, 3.63) is 76.0 Å². The maximum Gasteiger partial charge on any atom is 0.274 e. The number of carbonyl (C=O) groups excluding carboxylic acids is 1. The van der Waals surface area contributed by atoms with Crippen molar-refractivity contribution in [1.29, 1.82) is 0 Å². The molecule has 0 saturated heterocycles. The average molecular weight is 684 g/mol. The fourth-order valence-corrected chi connectivity index (χ4v) is 6.44. The normalized spacial score (nSPS) is 11.9. The maximum atomic E-state index is 13.8. The van der Waals surface area contributed by atoms with Gasteiger partial charge in [0.05, 0.1) is 5.69 Å². The zero-order valence-corrected chi connectivity index (χ0v) is 31.2. The lowest BCUT2D eigenvalue weighted by Crippen LogP contribution is -2.23. The molecule has 0 bridgehead atoms. The minimum Gasteiger partial charge on any atom is -0.457 e. The zero-order chi connectivity index (χ0) is 35.5. The van der Waals surface area contributed by atoms with E-state index in [4.69, 9.17) is 9.47 Å². The van der Waals surface area contributed by atoms with E-state index in [0.29, 0.717) is 47.4 Å². The Labute approximate surface area is 289 Å². The molecule has 0 aliphatic heterocycles. The van der Waals surface area contributed by atoms with Crippen molar-refractivity contribution in [2.75, 3.05) is 32.6 Å². The molecule has 0 aliphatic rings. The van der Waals surface area contributed by atoms with Crippen molar-refractivity contribution < 1.29 is 14.3 Å². The van der Waals surface area contributed by atoms with Crippen molar-refractivity contribution >= 4 is 30.6 Å². The number of anilines is 1. The number of aromatic nitrogens is 5. The van der Waals surface area contributed by atoms with Crippen LogP contribution in [-0.4, -0.2) is 70.4 Å². The number of benzene rings is 2. The molecule has 0 spiro atoms. The number of H-pyrrole nitrogens is 1. The van der Waals surface area contributed by atoms with Gasteiger partial charge in [-0.05, 0) is 94.8 Å². The third-order valence-electron chi connectivity index (χ3n) is 8.37. The summed E-state index contributed by atoms with van der Waals surface area (Å²) in [4.78, 5) is 33.1. The summed E-state index contributed by atoms with van der Waals surface area (Å²) in [7, 11) is 4.46. The van der Waals surface area contributed by atoms with Crippen LogP contribution in [0.1, 0.15) is 29.8 Å². The number of aromatic amines is 1. The van der Waals surface area contributed by atoms with Crippen LogP contribution in [0.4, 0.5) is 5.69 Å². The maximum absolute atomic E-state index is 13.8. The molecule has 11 nitrogen and oxygen atoms in total. The Morgan fingerprint density at radius 1 is 1.04 bits per heavy atom. The molecule has 3 aromatic heterocycles. The van der Waals surface area contributed by atoms with E-state index in [9.17, 15) is 9.59 Å². The molecule has 0 fully saturated rings. The van der Waals surface area contributed by atoms with Gasteiger partial charge in [-0.2, -0.15) is 5.10 Å². The van der Waals surface area contributed by atoms with Gasteiger partial charge in [-0.15, -0.1) is 0 Å². The zero-order valence-electron chi connectivity index (χ0n) is 30.2. The number of hydrogen-bond donors (Lipinski definition) is 2. The lowest BCUT2D eigenvalue weighted by Gasteiger charge is -2.17. The fraction of sp³-hybridized carbons (Fsp3) is 0.405. The second-order valence-electron chi connectivity index (χ2n) is 14.3. The van der Waals surface area contributed by atoms with Gasteiger partial charge in [0.2, 0.25) is 5.91 Å². The van der Waals surface area contributed by atoms with E-state index in [1.807, 2.05) is 82.0 Å². The van der Waals surface area contributed by atoms with Crippen LogP contribution in [0.5, 0.6) is 11.5 Å². The van der Waals surface area contributed by atoms with Gasteiger partial charge in [0.25, 0.3) is 5.56 Å². The van der Waals surface area contributed by atoms with Gasteiger partial charge in [0.1, 0.15) is 29.6 Å². The highest BCUT2D eigenvalue weighted by Crippen LogP contribution is 2.36. The second-order valence-corrected chi connectivity index (χ2v) is 20.0. The Morgan fingerprint density at radius 2 is 1.82 bits per heavy atom. The number of nitrogens with one attached hydrogen (secondary N) is 2. The average Bonchev–Trinajstić information content (AvgIpc) is 3.61. The highest BCUT2D eigenvalue weighted by atomic mass is 28.3. The highest BCUT2D eigenvalue weighted by Gasteiger charge is 2.22. The Morgan fingerprint density at radius 3 is 2.51 bits per heavy atom. The van der Waals surface area contributed by atoms with Crippen molar-refractivity contribution in [3.63, 3.8) is 0 Å². The van der Waals surface area contributed by atoms with Gasteiger partial charge in [-0.1, -0.05) is 31.8 Å². The number of fused-ring (bicyclic) bond motifs is 1. The molecule has 3 heterocycles. The molecule has 0 aliphatic carbocycles. The van der Waals surface area contributed by atoms with E-state index >= 15 is 0 Å². The van der Waals surface area contributed by atoms with Crippen LogP contribution in [-0.2, 0) is 23.3 Å². The lowest BCUT2D eigenvalue weighted by atomic mass is 10.0. The molecule has 0 atom stereocenters. The van der Waals surface area contributed by atoms with E-state index in [0.717, 1.165) is 52.3 Å². The summed E-state index contributed by atoms with van der Waals surface area (Å²) in [5.41, 5.74) is 5.54. The number of nitrogens with zero attached hydrogens (tertiary/aromatic N) is 5. The number of amides is 1.